The van der Waals surface area contributed by atoms with E-state index in [0.29, 0.717) is 37.4 Å². The predicted molar refractivity (Wildman–Crippen MR) is 218 cm³/mol. The van der Waals surface area contributed by atoms with Crippen molar-refractivity contribution in [1.82, 2.24) is 20.1 Å². The van der Waals surface area contributed by atoms with E-state index in [4.69, 9.17) is 14.5 Å². The molecule has 0 bridgehead atoms. The number of phenols is 1. The highest BCUT2D eigenvalue weighted by atomic mass is 32.1. The number of aromatic nitrogens is 1. The Labute approximate surface area is 333 Å². The summed E-state index contributed by atoms with van der Waals surface area (Å²) in [6.07, 6.45) is 6.48. The number of hydrogen-bond donors (Lipinski definition) is 2. The molecule has 0 radical (unpaired) electrons. The van der Waals surface area contributed by atoms with Crippen LogP contribution in [-0.2, 0) is 30.3 Å². The number of likely N-dealkylation sites (N-methyl/N-ethyl adjacent to an activating group) is 1. The average Bonchev–Trinajstić information content (AvgIpc) is 3.67. The molecule has 308 valence electrons. The van der Waals surface area contributed by atoms with Crippen LogP contribution in [0.15, 0.2) is 29.6 Å². The number of phenolic OH excluding ortho intramolecular Hbond substituents is 1. The minimum Gasteiger partial charge on any atom is -0.508 e. The number of esters is 1. The van der Waals surface area contributed by atoms with Crippen LogP contribution in [0.2, 0.25) is 0 Å². The quantitative estimate of drug-likeness (QED) is 0.109. The molecule has 1 saturated heterocycles. The Morgan fingerprint density at radius 2 is 1.75 bits per heavy atom. The van der Waals surface area contributed by atoms with E-state index in [1.165, 1.54) is 18.4 Å². The van der Waals surface area contributed by atoms with Crippen molar-refractivity contribution in [3.63, 3.8) is 0 Å². The maximum absolute atomic E-state index is 14.7. The molecule has 2 N–H and O–H groups in total. The van der Waals surface area contributed by atoms with Crippen LogP contribution < -0.4 is 5.32 Å². The molecular formula is C43H68N4O7S. The van der Waals surface area contributed by atoms with Gasteiger partial charge in [-0.25, -0.2) is 4.98 Å². The highest BCUT2D eigenvalue weighted by Gasteiger charge is 2.38. The Morgan fingerprint density at radius 1 is 1.04 bits per heavy atom. The molecule has 55 heavy (non-hydrogen) atoms. The van der Waals surface area contributed by atoms with Gasteiger partial charge in [0.25, 0.3) is 5.91 Å². The monoisotopic (exact) mass is 784 g/mol. The standard InChI is InChI=1S/C43H68N4O7S/c1-10-20-47(42(51)34(29(6)12-3)25-38(49)36-15-13-14-21-46(36)8)37(28(4)5)26-39(54-22-11-2)41-45-35(27-55-41)40(50)44-32(23-30(7)43(52)53-9)24-31-16-18-33(48)19-17-31/h16-19,27-30,32,34,36-37,39,48H,10-15,20-26H2,1-9H3,(H,44,50)/t29-,30-,32+,34-,36+,37+,39+/m0/s1. The number of aromatic hydroxyl groups is 1. The summed E-state index contributed by atoms with van der Waals surface area (Å²) in [5, 5.41) is 15.3. The number of ketones is 1. The van der Waals surface area contributed by atoms with E-state index in [2.05, 4.69) is 44.8 Å². The van der Waals surface area contributed by atoms with Crippen LogP contribution in [-0.4, -0.2) is 95.4 Å². The first kappa shape index (κ1) is 46.0. The van der Waals surface area contributed by atoms with Gasteiger partial charge < -0.3 is 24.8 Å². The molecule has 1 aliphatic heterocycles. The lowest BCUT2D eigenvalue weighted by atomic mass is 9.82. The highest BCUT2D eigenvalue weighted by molar-refractivity contribution is 7.09. The summed E-state index contributed by atoms with van der Waals surface area (Å²) in [6, 6.07) is 6.09. The third-order valence-electron chi connectivity index (χ3n) is 11.1. The third-order valence-corrected chi connectivity index (χ3v) is 12.1. The number of carbonyl (C=O) groups excluding carboxylic acids is 4. The molecule has 7 atom stereocenters. The van der Waals surface area contributed by atoms with Gasteiger partial charge in [0.2, 0.25) is 5.91 Å². The lowest BCUT2D eigenvalue weighted by Gasteiger charge is -2.40. The summed E-state index contributed by atoms with van der Waals surface area (Å²) in [4.78, 5) is 63.4. The maximum atomic E-state index is 14.7. The number of methoxy groups -OCH3 is 1. The van der Waals surface area contributed by atoms with Gasteiger partial charge in [-0.05, 0) is 81.6 Å². The summed E-state index contributed by atoms with van der Waals surface area (Å²) < 4.78 is 11.4. The second-order valence-corrected chi connectivity index (χ2v) is 16.8. The van der Waals surface area contributed by atoms with Crippen LogP contribution >= 0.6 is 11.3 Å². The van der Waals surface area contributed by atoms with E-state index < -0.39 is 24.0 Å². The lowest BCUT2D eigenvalue weighted by molar-refractivity contribution is -0.145. The van der Waals surface area contributed by atoms with Crippen molar-refractivity contribution in [2.24, 2.45) is 23.7 Å². The fraction of sp³-hybridized carbons (Fsp3) is 0.698. The van der Waals surface area contributed by atoms with Crippen molar-refractivity contribution >= 4 is 34.9 Å². The molecule has 1 aromatic heterocycles. The maximum Gasteiger partial charge on any atom is 0.308 e. The first-order valence-corrected chi connectivity index (χ1v) is 21.4. The normalized spacial score (nSPS) is 18.2. The van der Waals surface area contributed by atoms with Crippen LogP contribution in [0.4, 0.5) is 0 Å². The molecular weight excluding hydrogens is 717 g/mol. The minimum atomic E-state index is -0.447. The number of ether oxygens (including phenoxy) is 2. The second-order valence-electron chi connectivity index (χ2n) is 15.9. The topological polar surface area (TPSA) is 138 Å². The van der Waals surface area contributed by atoms with E-state index in [1.54, 1.807) is 36.6 Å². The van der Waals surface area contributed by atoms with Gasteiger partial charge in [-0.1, -0.05) is 73.4 Å². The van der Waals surface area contributed by atoms with Crippen molar-refractivity contribution < 1.29 is 33.8 Å². The van der Waals surface area contributed by atoms with Crippen LogP contribution in [0, 0.1) is 23.7 Å². The molecule has 2 aromatic rings. The summed E-state index contributed by atoms with van der Waals surface area (Å²) >= 11 is 1.37. The van der Waals surface area contributed by atoms with Crippen LogP contribution in [0.3, 0.4) is 0 Å². The van der Waals surface area contributed by atoms with Gasteiger partial charge in [0.1, 0.15) is 22.6 Å². The molecule has 3 rings (SSSR count). The van der Waals surface area contributed by atoms with Gasteiger partial charge in [0, 0.05) is 49.4 Å². The molecule has 0 spiro atoms. The molecule has 1 aromatic carbocycles. The number of nitrogens with zero attached hydrogens (tertiary/aromatic N) is 3. The molecule has 1 fully saturated rings. The average molecular weight is 785 g/mol. The number of likely N-dealkylation sites (tertiary alicyclic amines) is 1. The van der Waals surface area contributed by atoms with E-state index in [9.17, 15) is 24.3 Å². The number of benzene rings is 1. The first-order chi connectivity index (χ1) is 26.2. The molecule has 0 saturated carbocycles. The Balaban J connectivity index is 1.87. The van der Waals surface area contributed by atoms with E-state index in [1.807, 2.05) is 18.9 Å². The molecule has 0 unspecified atom stereocenters. The van der Waals surface area contributed by atoms with E-state index in [-0.39, 0.29) is 65.4 Å². The molecule has 11 nitrogen and oxygen atoms in total. The van der Waals surface area contributed by atoms with Gasteiger partial charge in [-0.3, -0.25) is 24.1 Å². The fourth-order valence-electron chi connectivity index (χ4n) is 7.66. The minimum absolute atomic E-state index is 0.0380. The van der Waals surface area contributed by atoms with E-state index in [0.717, 1.165) is 50.6 Å². The number of Topliss-reactive ketones (excluding diaryl/α,β-unsaturated/α-hetero) is 1. The number of nitrogens with one attached hydrogen (secondary N) is 1. The number of piperidine rings is 1. The van der Waals surface area contributed by atoms with Crippen molar-refractivity contribution in [3.8, 4) is 5.75 Å². The van der Waals surface area contributed by atoms with Crippen LogP contribution in [0.1, 0.15) is 133 Å². The zero-order valence-corrected chi connectivity index (χ0v) is 35.7. The first-order valence-electron chi connectivity index (χ1n) is 20.5. The second kappa shape index (κ2) is 23.0. The summed E-state index contributed by atoms with van der Waals surface area (Å²) in [7, 11) is 3.37. The number of hydrogen-bond acceptors (Lipinski definition) is 10. The van der Waals surface area contributed by atoms with Crippen LogP contribution in [0.5, 0.6) is 5.75 Å². The molecule has 0 aliphatic carbocycles. The summed E-state index contributed by atoms with van der Waals surface area (Å²) in [5.74, 6) is -1.05. The van der Waals surface area contributed by atoms with Crippen LogP contribution in [0.25, 0.3) is 0 Å². The molecule has 1 aliphatic rings. The van der Waals surface area contributed by atoms with Crippen molar-refractivity contribution in [2.75, 3.05) is 33.9 Å². The Morgan fingerprint density at radius 3 is 2.35 bits per heavy atom. The predicted octanol–water partition coefficient (Wildman–Crippen LogP) is 7.62. The van der Waals surface area contributed by atoms with Crippen molar-refractivity contribution in [3.05, 3.63) is 45.9 Å². The molecule has 2 heterocycles. The highest BCUT2D eigenvalue weighted by Crippen LogP contribution is 2.34. The summed E-state index contributed by atoms with van der Waals surface area (Å²) in [5.41, 5.74) is 1.16. The number of carbonyl (C=O) groups is 4. The van der Waals surface area contributed by atoms with E-state index >= 15 is 0 Å². The summed E-state index contributed by atoms with van der Waals surface area (Å²) in [6.45, 7) is 16.3. The Bertz CT molecular complexity index is 1500. The number of thiazole rings is 1. The third kappa shape index (κ3) is 13.7. The fourth-order valence-corrected chi connectivity index (χ4v) is 8.52. The van der Waals surface area contributed by atoms with Crippen molar-refractivity contribution in [2.45, 2.75) is 137 Å². The van der Waals surface area contributed by atoms with Crippen molar-refractivity contribution in [1.29, 1.82) is 0 Å². The Hall–Kier alpha value is -3.35. The van der Waals surface area contributed by atoms with Gasteiger partial charge >= 0.3 is 5.97 Å². The SMILES string of the molecule is CCCO[C@H](C[C@H](C(C)C)N(CCC)C(=O)[C@@H](CC(=O)[C@H]1CCCCN1C)[C@@H](C)CC)c1nc(C(=O)N[C@@H](Cc2ccc(O)cc2)C[C@H](C)C(=O)OC)cs1. The Kier molecular flexibility index (Phi) is 19.3. The number of rotatable bonds is 23. The largest absolute Gasteiger partial charge is 0.508 e. The van der Waals surface area contributed by atoms with Gasteiger partial charge in [0.15, 0.2) is 5.78 Å². The van der Waals surface area contributed by atoms with Gasteiger partial charge in [-0.15, -0.1) is 11.3 Å². The molecule has 2 amide bonds. The van der Waals surface area contributed by atoms with Gasteiger partial charge in [-0.2, -0.15) is 0 Å². The zero-order valence-electron chi connectivity index (χ0n) is 34.8. The number of amides is 2. The smallest absolute Gasteiger partial charge is 0.308 e. The van der Waals surface area contributed by atoms with Gasteiger partial charge in [0.05, 0.1) is 19.1 Å². The lowest BCUT2D eigenvalue weighted by Crippen LogP contribution is -2.50. The molecule has 12 heteroatoms. The zero-order chi connectivity index (χ0) is 40.7.